The highest BCUT2D eigenvalue weighted by atomic mass is 16.5. The summed E-state index contributed by atoms with van der Waals surface area (Å²) >= 11 is 0. The minimum Gasteiger partial charge on any atom is -0.497 e. The van der Waals surface area contributed by atoms with E-state index in [2.05, 4.69) is 49.4 Å². The lowest BCUT2D eigenvalue weighted by Gasteiger charge is -2.36. The highest BCUT2D eigenvalue weighted by molar-refractivity contribution is 6.09. The molecule has 1 heterocycles. The van der Waals surface area contributed by atoms with Gasteiger partial charge in [0.05, 0.1) is 14.2 Å². The molecule has 5 heteroatoms. The Bertz CT molecular complexity index is 1430. The SMILES string of the molecule is CC/C=C1/c2ccccc2C(=O)N1CCCCOC(c1ccccc1)(c1ccc(OC)cc1)c1ccc(OC)cc1. The van der Waals surface area contributed by atoms with E-state index in [0.29, 0.717) is 13.2 Å². The number of hydrogen-bond donors (Lipinski definition) is 0. The van der Waals surface area contributed by atoms with Gasteiger partial charge in [-0.05, 0) is 66.3 Å². The number of fused-ring (bicyclic) bond motifs is 1. The number of carbonyl (C=O) groups excluding carboxylic acids is 1. The molecule has 4 aromatic carbocycles. The first-order valence-electron chi connectivity index (χ1n) is 14.2. The van der Waals surface area contributed by atoms with Gasteiger partial charge in [-0.3, -0.25) is 4.79 Å². The predicted octanol–water partition coefficient (Wildman–Crippen LogP) is 7.70. The number of amides is 1. The molecule has 0 saturated carbocycles. The number of rotatable bonds is 12. The van der Waals surface area contributed by atoms with Crippen LogP contribution < -0.4 is 9.47 Å². The zero-order valence-electron chi connectivity index (χ0n) is 24.0. The molecule has 1 aliphatic rings. The largest absolute Gasteiger partial charge is 0.497 e. The molecule has 0 unspecified atom stereocenters. The summed E-state index contributed by atoms with van der Waals surface area (Å²) < 4.78 is 17.9. The van der Waals surface area contributed by atoms with E-state index >= 15 is 0 Å². The van der Waals surface area contributed by atoms with Crippen LogP contribution in [0.25, 0.3) is 5.70 Å². The minimum atomic E-state index is -0.840. The van der Waals surface area contributed by atoms with Crippen LogP contribution in [-0.4, -0.2) is 38.2 Å². The molecule has 0 atom stereocenters. The average Bonchev–Trinajstić information content (AvgIpc) is 3.30. The molecule has 1 aliphatic heterocycles. The third kappa shape index (κ3) is 5.63. The summed E-state index contributed by atoms with van der Waals surface area (Å²) in [4.78, 5) is 15.1. The first-order valence-corrected chi connectivity index (χ1v) is 14.2. The molecule has 0 aliphatic carbocycles. The lowest BCUT2D eigenvalue weighted by atomic mass is 9.80. The number of ether oxygens (including phenoxy) is 3. The maximum Gasteiger partial charge on any atom is 0.258 e. The lowest BCUT2D eigenvalue weighted by molar-refractivity contribution is 0.0103. The zero-order chi connectivity index (χ0) is 28.7. The average molecular weight is 548 g/mol. The van der Waals surface area contributed by atoms with Gasteiger partial charge < -0.3 is 19.1 Å². The zero-order valence-corrected chi connectivity index (χ0v) is 24.0. The van der Waals surface area contributed by atoms with E-state index in [4.69, 9.17) is 14.2 Å². The summed E-state index contributed by atoms with van der Waals surface area (Å²) in [6, 6.07) is 34.3. The second-order valence-corrected chi connectivity index (χ2v) is 10.1. The lowest BCUT2D eigenvalue weighted by Crippen LogP contribution is -2.33. The first-order chi connectivity index (χ1) is 20.1. The van der Waals surface area contributed by atoms with Crippen molar-refractivity contribution in [1.82, 2.24) is 4.90 Å². The second kappa shape index (κ2) is 12.9. The van der Waals surface area contributed by atoms with Crippen LogP contribution in [0.15, 0.2) is 109 Å². The fraction of sp³-hybridized carbons (Fsp3) is 0.250. The molecule has 4 aromatic rings. The summed E-state index contributed by atoms with van der Waals surface area (Å²) in [5.74, 6) is 1.66. The van der Waals surface area contributed by atoms with Crippen LogP contribution in [0.1, 0.15) is 58.8 Å². The van der Waals surface area contributed by atoms with E-state index in [1.807, 2.05) is 71.6 Å². The molecule has 0 radical (unpaired) electrons. The topological polar surface area (TPSA) is 48.0 Å². The monoisotopic (exact) mass is 547 g/mol. The summed E-state index contributed by atoms with van der Waals surface area (Å²) in [6.07, 6.45) is 4.63. The highest BCUT2D eigenvalue weighted by Gasteiger charge is 2.38. The van der Waals surface area contributed by atoms with E-state index in [9.17, 15) is 4.79 Å². The molecule has 5 nitrogen and oxygen atoms in total. The Hall–Kier alpha value is -4.35. The maximum absolute atomic E-state index is 13.2. The summed E-state index contributed by atoms with van der Waals surface area (Å²) in [5, 5.41) is 0. The van der Waals surface area contributed by atoms with Gasteiger partial charge in [-0.2, -0.15) is 0 Å². The van der Waals surface area contributed by atoms with Gasteiger partial charge in [-0.1, -0.05) is 85.8 Å². The standard InChI is InChI=1S/C36H37NO4/c1-4-12-34-32-15-8-9-16-33(32)35(38)37(34)25-10-11-26-41-36(27-13-6-5-7-14-27,28-17-21-30(39-2)22-18-28)29-19-23-31(40-3)24-20-29/h5-9,12-24H,4,10-11,25-26H2,1-3H3/b34-12-. The molecule has 0 saturated heterocycles. The fourth-order valence-corrected chi connectivity index (χ4v) is 5.60. The van der Waals surface area contributed by atoms with Gasteiger partial charge in [0.15, 0.2) is 0 Å². The van der Waals surface area contributed by atoms with Crippen LogP contribution >= 0.6 is 0 Å². The Labute approximate surface area is 243 Å². The first kappa shape index (κ1) is 28.2. The Kier molecular flexibility index (Phi) is 8.85. The van der Waals surface area contributed by atoms with Gasteiger partial charge >= 0.3 is 0 Å². The van der Waals surface area contributed by atoms with Gasteiger partial charge in [0.1, 0.15) is 17.1 Å². The third-order valence-electron chi connectivity index (χ3n) is 7.63. The van der Waals surface area contributed by atoms with E-state index in [-0.39, 0.29) is 5.91 Å². The number of hydrogen-bond acceptors (Lipinski definition) is 4. The van der Waals surface area contributed by atoms with Gasteiger partial charge in [-0.15, -0.1) is 0 Å². The van der Waals surface area contributed by atoms with Crippen molar-refractivity contribution in [1.29, 1.82) is 0 Å². The van der Waals surface area contributed by atoms with Gasteiger partial charge in [-0.25, -0.2) is 0 Å². The quantitative estimate of drug-likeness (QED) is 0.135. The number of methoxy groups -OCH3 is 2. The molecule has 0 bridgehead atoms. The highest BCUT2D eigenvalue weighted by Crippen LogP contribution is 2.42. The molecular weight excluding hydrogens is 510 g/mol. The Morgan fingerprint density at radius 3 is 1.78 bits per heavy atom. The molecule has 0 aromatic heterocycles. The Morgan fingerprint density at radius 2 is 1.22 bits per heavy atom. The summed E-state index contributed by atoms with van der Waals surface area (Å²) in [5.41, 5.74) is 5.04. The van der Waals surface area contributed by atoms with Crippen LogP contribution in [-0.2, 0) is 10.3 Å². The number of carbonyl (C=O) groups is 1. The number of allylic oxidation sites excluding steroid dienone is 1. The summed E-state index contributed by atoms with van der Waals surface area (Å²) in [6.45, 7) is 3.26. The molecular formula is C36H37NO4. The Morgan fingerprint density at radius 1 is 0.683 bits per heavy atom. The van der Waals surface area contributed by atoms with E-state index in [1.54, 1.807) is 14.2 Å². The summed E-state index contributed by atoms with van der Waals surface area (Å²) in [7, 11) is 3.34. The minimum absolute atomic E-state index is 0.0799. The molecule has 0 N–H and O–H groups in total. The predicted molar refractivity (Wildman–Crippen MR) is 163 cm³/mol. The van der Waals surface area contributed by atoms with Crippen molar-refractivity contribution in [3.05, 3.63) is 137 Å². The van der Waals surface area contributed by atoms with Crippen LogP contribution in [0, 0.1) is 0 Å². The van der Waals surface area contributed by atoms with Gasteiger partial charge in [0.25, 0.3) is 5.91 Å². The van der Waals surface area contributed by atoms with Crippen molar-refractivity contribution in [3.63, 3.8) is 0 Å². The van der Waals surface area contributed by atoms with Crippen LogP contribution in [0.5, 0.6) is 11.5 Å². The van der Waals surface area contributed by atoms with Crippen molar-refractivity contribution < 1.29 is 19.0 Å². The van der Waals surface area contributed by atoms with Gasteiger partial charge in [0.2, 0.25) is 0 Å². The van der Waals surface area contributed by atoms with Crippen molar-refractivity contribution in [2.24, 2.45) is 0 Å². The van der Waals surface area contributed by atoms with Crippen LogP contribution in [0.2, 0.25) is 0 Å². The number of benzene rings is 4. The Balaban J connectivity index is 1.40. The molecule has 0 fully saturated rings. The van der Waals surface area contributed by atoms with E-state index < -0.39 is 5.60 Å². The van der Waals surface area contributed by atoms with Crippen molar-refractivity contribution in [2.45, 2.75) is 31.8 Å². The molecule has 210 valence electrons. The fourth-order valence-electron chi connectivity index (χ4n) is 5.60. The van der Waals surface area contributed by atoms with E-state index in [0.717, 1.165) is 64.3 Å². The molecule has 41 heavy (non-hydrogen) atoms. The van der Waals surface area contributed by atoms with Crippen LogP contribution in [0.4, 0.5) is 0 Å². The number of unbranched alkanes of at least 4 members (excludes halogenated alkanes) is 1. The smallest absolute Gasteiger partial charge is 0.258 e. The molecule has 1 amide bonds. The van der Waals surface area contributed by atoms with E-state index in [1.165, 1.54) is 0 Å². The van der Waals surface area contributed by atoms with Crippen molar-refractivity contribution in [3.8, 4) is 11.5 Å². The molecule has 0 spiro atoms. The number of nitrogens with zero attached hydrogens (tertiary/aromatic N) is 1. The normalized spacial score (nSPS) is 13.9. The third-order valence-corrected chi connectivity index (χ3v) is 7.63. The van der Waals surface area contributed by atoms with Crippen molar-refractivity contribution >= 4 is 11.6 Å². The maximum atomic E-state index is 13.2. The molecule has 5 rings (SSSR count). The van der Waals surface area contributed by atoms with Gasteiger partial charge in [0, 0.05) is 30.0 Å². The second-order valence-electron chi connectivity index (χ2n) is 10.1. The van der Waals surface area contributed by atoms with Crippen molar-refractivity contribution in [2.75, 3.05) is 27.4 Å². The van der Waals surface area contributed by atoms with Crippen LogP contribution in [0.3, 0.4) is 0 Å².